The predicted octanol–water partition coefficient (Wildman–Crippen LogP) is 2.01. The highest BCUT2D eigenvalue weighted by molar-refractivity contribution is 5.72. The summed E-state index contributed by atoms with van der Waals surface area (Å²) in [5, 5.41) is 0. The predicted molar refractivity (Wildman–Crippen MR) is 59.8 cm³/mol. The minimum atomic E-state index is -0.510. The molecule has 0 saturated carbocycles. The molecule has 16 heavy (non-hydrogen) atoms. The number of ether oxygens (including phenoxy) is 2. The quantitative estimate of drug-likeness (QED) is 0.550. The van der Waals surface area contributed by atoms with Crippen molar-refractivity contribution in [3.63, 3.8) is 0 Å². The average molecular weight is 231 g/mol. The largest absolute Gasteiger partial charge is 0.428 e. The molecule has 0 aromatic carbocycles. The van der Waals surface area contributed by atoms with Gasteiger partial charge < -0.3 is 14.4 Å². The van der Waals surface area contributed by atoms with Gasteiger partial charge in [-0.15, -0.1) is 0 Å². The number of esters is 1. The third-order valence-corrected chi connectivity index (χ3v) is 2.14. The molecular weight excluding hydrogens is 210 g/mol. The fourth-order valence-corrected chi connectivity index (χ4v) is 0.675. The molecule has 0 rings (SSSR count). The van der Waals surface area contributed by atoms with E-state index in [1.165, 1.54) is 4.90 Å². The van der Waals surface area contributed by atoms with Crippen molar-refractivity contribution in [2.24, 2.45) is 5.92 Å². The van der Waals surface area contributed by atoms with E-state index in [1.807, 2.05) is 20.8 Å². The van der Waals surface area contributed by atoms with Crippen molar-refractivity contribution in [2.45, 2.75) is 40.2 Å². The molecule has 0 atom stereocenters. The van der Waals surface area contributed by atoms with E-state index in [2.05, 4.69) is 0 Å². The Morgan fingerprint density at radius 1 is 1.19 bits per heavy atom. The van der Waals surface area contributed by atoms with E-state index in [0.717, 1.165) is 0 Å². The molecule has 0 N–H and O–H groups in total. The maximum atomic E-state index is 11.5. The van der Waals surface area contributed by atoms with Crippen LogP contribution in [-0.4, -0.2) is 36.3 Å². The van der Waals surface area contributed by atoms with Crippen LogP contribution in [0.3, 0.4) is 0 Å². The molecule has 0 aromatic rings. The van der Waals surface area contributed by atoms with E-state index in [-0.39, 0.29) is 24.2 Å². The maximum absolute atomic E-state index is 11.5. The van der Waals surface area contributed by atoms with Crippen molar-refractivity contribution in [1.29, 1.82) is 0 Å². The zero-order valence-electron chi connectivity index (χ0n) is 10.9. The molecule has 0 aliphatic heterocycles. The average Bonchev–Trinajstić information content (AvgIpc) is 2.14. The Morgan fingerprint density at radius 2 is 1.69 bits per heavy atom. The summed E-state index contributed by atoms with van der Waals surface area (Å²) in [6.07, 6.45) is -0.510. The second-order valence-corrected chi connectivity index (χ2v) is 4.88. The summed E-state index contributed by atoms with van der Waals surface area (Å²) in [7, 11) is 1.63. The lowest BCUT2D eigenvalue weighted by molar-refractivity contribution is -0.156. The van der Waals surface area contributed by atoms with Gasteiger partial charge in [-0.3, -0.25) is 4.79 Å². The summed E-state index contributed by atoms with van der Waals surface area (Å²) >= 11 is 0. The molecule has 0 unspecified atom stereocenters. The van der Waals surface area contributed by atoms with Gasteiger partial charge in [0.25, 0.3) is 0 Å². The van der Waals surface area contributed by atoms with Crippen molar-refractivity contribution in [2.75, 3.05) is 13.8 Å². The van der Waals surface area contributed by atoms with Crippen LogP contribution in [0.4, 0.5) is 4.79 Å². The third kappa shape index (κ3) is 5.00. The highest BCUT2D eigenvalue weighted by Gasteiger charge is 2.23. The lowest BCUT2D eigenvalue weighted by Crippen LogP contribution is -2.43. The van der Waals surface area contributed by atoms with Gasteiger partial charge in [0.05, 0.1) is 5.92 Å². The van der Waals surface area contributed by atoms with E-state index < -0.39 is 6.09 Å². The van der Waals surface area contributed by atoms with Crippen molar-refractivity contribution in [3.05, 3.63) is 0 Å². The number of hydrogen-bond acceptors (Lipinski definition) is 4. The van der Waals surface area contributed by atoms with Crippen LogP contribution in [0.15, 0.2) is 0 Å². The molecule has 0 aliphatic rings. The lowest BCUT2D eigenvalue weighted by Gasteiger charge is -2.30. The molecule has 0 radical (unpaired) electrons. The molecule has 0 heterocycles. The molecule has 0 fully saturated rings. The second kappa shape index (κ2) is 5.72. The number of carbonyl (C=O) groups excluding carboxylic acids is 2. The van der Waals surface area contributed by atoms with Gasteiger partial charge in [-0.25, -0.2) is 4.79 Å². The summed E-state index contributed by atoms with van der Waals surface area (Å²) in [5.74, 6) is -0.606. The van der Waals surface area contributed by atoms with Crippen LogP contribution in [-0.2, 0) is 14.3 Å². The smallest absolute Gasteiger partial charge is 0.412 e. The SMILES string of the molecule is CC(C)C(=O)OCOC(=O)N(C)C(C)(C)C. The van der Waals surface area contributed by atoms with Gasteiger partial charge in [0.2, 0.25) is 6.79 Å². The van der Waals surface area contributed by atoms with Gasteiger partial charge in [0.15, 0.2) is 0 Å². The van der Waals surface area contributed by atoms with E-state index in [0.29, 0.717) is 0 Å². The molecular formula is C11H21NO4. The Kier molecular flexibility index (Phi) is 5.27. The zero-order chi connectivity index (χ0) is 12.9. The van der Waals surface area contributed by atoms with Crippen LogP contribution in [0.25, 0.3) is 0 Å². The number of carbonyl (C=O) groups is 2. The number of amides is 1. The third-order valence-electron chi connectivity index (χ3n) is 2.14. The first kappa shape index (κ1) is 14.7. The number of hydrogen-bond donors (Lipinski definition) is 0. The summed E-state index contributed by atoms with van der Waals surface area (Å²) in [5.41, 5.74) is -0.320. The molecule has 0 bridgehead atoms. The Hall–Kier alpha value is -1.26. The normalized spacial score (nSPS) is 11.2. The molecule has 1 amide bonds. The van der Waals surface area contributed by atoms with Crippen LogP contribution in [0.1, 0.15) is 34.6 Å². The minimum Gasteiger partial charge on any atom is -0.428 e. The first-order valence-corrected chi connectivity index (χ1v) is 5.23. The highest BCUT2D eigenvalue weighted by atomic mass is 16.7. The Morgan fingerprint density at radius 3 is 2.06 bits per heavy atom. The van der Waals surface area contributed by atoms with E-state index >= 15 is 0 Å². The van der Waals surface area contributed by atoms with Gasteiger partial charge in [0, 0.05) is 12.6 Å². The molecule has 0 saturated heterocycles. The van der Waals surface area contributed by atoms with Gasteiger partial charge in [-0.2, -0.15) is 0 Å². The van der Waals surface area contributed by atoms with Crippen molar-refractivity contribution >= 4 is 12.1 Å². The summed E-state index contributed by atoms with van der Waals surface area (Å²) < 4.78 is 9.52. The van der Waals surface area contributed by atoms with Crippen molar-refractivity contribution in [3.8, 4) is 0 Å². The number of nitrogens with zero attached hydrogens (tertiary/aromatic N) is 1. The highest BCUT2D eigenvalue weighted by Crippen LogP contribution is 2.11. The number of rotatable bonds is 3. The lowest BCUT2D eigenvalue weighted by atomic mass is 10.1. The van der Waals surface area contributed by atoms with Crippen LogP contribution in [0.5, 0.6) is 0 Å². The molecule has 0 spiro atoms. The van der Waals surface area contributed by atoms with E-state index in [4.69, 9.17) is 9.47 Å². The van der Waals surface area contributed by atoms with Crippen LogP contribution in [0.2, 0.25) is 0 Å². The van der Waals surface area contributed by atoms with Crippen LogP contribution in [0, 0.1) is 5.92 Å². The van der Waals surface area contributed by atoms with E-state index in [9.17, 15) is 9.59 Å². The Balaban J connectivity index is 3.96. The zero-order valence-corrected chi connectivity index (χ0v) is 10.9. The van der Waals surface area contributed by atoms with Gasteiger partial charge in [-0.1, -0.05) is 13.8 Å². The van der Waals surface area contributed by atoms with Crippen LogP contribution < -0.4 is 0 Å². The van der Waals surface area contributed by atoms with Gasteiger partial charge >= 0.3 is 12.1 Å². The van der Waals surface area contributed by atoms with Crippen LogP contribution >= 0.6 is 0 Å². The van der Waals surface area contributed by atoms with Crippen molar-refractivity contribution < 1.29 is 19.1 Å². The first-order valence-electron chi connectivity index (χ1n) is 5.23. The summed E-state index contributed by atoms with van der Waals surface area (Å²) in [6, 6.07) is 0. The molecule has 5 heteroatoms. The molecule has 0 aromatic heterocycles. The van der Waals surface area contributed by atoms with E-state index in [1.54, 1.807) is 20.9 Å². The fourth-order valence-electron chi connectivity index (χ4n) is 0.675. The fraction of sp³-hybridized carbons (Fsp3) is 0.818. The summed E-state index contributed by atoms with van der Waals surface area (Å²) in [4.78, 5) is 24.0. The maximum Gasteiger partial charge on any atom is 0.412 e. The molecule has 0 aliphatic carbocycles. The monoisotopic (exact) mass is 231 g/mol. The van der Waals surface area contributed by atoms with Gasteiger partial charge in [-0.05, 0) is 20.8 Å². The standard InChI is InChI=1S/C11H21NO4/c1-8(2)9(13)15-7-16-10(14)12(6)11(3,4)5/h8H,7H2,1-6H3. The Bertz CT molecular complexity index is 255. The first-order chi connectivity index (χ1) is 7.16. The minimum absolute atomic E-state index is 0.223. The Labute approximate surface area is 96.7 Å². The molecule has 5 nitrogen and oxygen atoms in total. The topological polar surface area (TPSA) is 55.8 Å². The van der Waals surface area contributed by atoms with Gasteiger partial charge in [0.1, 0.15) is 0 Å². The second-order valence-electron chi connectivity index (χ2n) is 4.88. The summed E-state index contributed by atoms with van der Waals surface area (Å²) in [6.45, 7) is 8.74. The molecule has 94 valence electrons. The van der Waals surface area contributed by atoms with Crippen molar-refractivity contribution in [1.82, 2.24) is 4.90 Å².